The van der Waals surface area contributed by atoms with Crippen molar-refractivity contribution in [3.8, 4) is 0 Å². The second-order valence-corrected chi connectivity index (χ2v) is 4.57. The number of benzene rings is 2. The average Bonchev–Trinajstić information content (AvgIpc) is 2.90. The van der Waals surface area contributed by atoms with Gasteiger partial charge in [0.25, 0.3) is 0 Å². The number of carbonyl (C=O) groups is 1. The molecule has 0 N–H and O–H groups in total. The van der Waals surface area contributed by atoms with E-state index in [9.17, 15) is 4.79 Å². The Kier molecular flexibility index (Phi) is 2.91. The third kappa shape index (κ3) is 2.01. The topological polar surface area (TPSA) is 47.8 Å². The summed E-state index contributed by atoms with van der Waals surface area (Å²) in [5.41, 5.74) is 4.06. The molecule has 1 aromatic heterocycles. The number of para-hydroxylation sites is 1. The summed E-state index contributed by atoms with van der Waals surface area (Å²) in [5, 5.41) is 8.24. The molecule has 0 saturated heterocycles. The van der Waals surface area contributed by atoms with Gasteiger partial charge in [-0.1, -0.05) is 48.2 Å². The number of nitrogens with zero attached hydrogens (tertiary/aromatic N) is 3. The van der Waals surface area contributed by atoms with Crippen LogP contribution in [0.3, 0.4) is 0 Å². The minimum absolute atomic E-state index is 0.0494. The molecule has 0 bridgehead atoms. The number of fused-ring (bicyclic) bond motifs is 1. The highest BCUT2D eigenvalue weighted by Crippen LogP contribution is 2.20. The van der Waals surface area contributed by atoms with Crippen molar-refractivity contribution in [2.24, 2.45) is 0 Å². The minimum Gasteiger partial charge on any atom is -0.295 e. The molecule has 0 unspecified atom stereocenters. The second-order valence-electron chi connectivity index (χ2n) is 4.57. The van der Waals surface area contributed by atoms with Crippen molar-refractivity contribution in [2.45, 2.75) is 6.92 Å². The molecule has 0 amide bonds. The summed E-state index contributed by atoms with van der Waals surface area (Å²) in [6.07, 6.45) is 0. The first-order valence-corrected chi connectivity index (χ1v) is 6.28. The maximum absolute atomic E-state index is 11.3. The summed E-state index contributed by atoms with van der Waals surface area (Å²) in [6, 6.07) is 15.0. The number of rotatable bonds is 3. The van der Waals surface area contributed by atoms with Crippen LogP contribution in [0.1, 0.15) is 22.8 Å². The Balaban J connectivity index is 2.02. The van der Waals surface area contributed by atoms with Gasteiger partial charge in [0.2, 0.25) is 0 Å². The van der Waals surface area contributed by atoms with Crippen LogP contribution in [0.25, 0.3) is 16.7 Å². The molecule has 2 aromatic carbocycles. The van der Waals surface area contributed by atoms with Crippen LogP contribution in [-0.2, 0) is 0 Å². The smallest absolute Gasteiger partial charge is 0.159 e. The second kappa shape index (κ2) is 4.74. The molecule has 3 aromatic rings. The monoisotopic (exact) mass is 263 g/mol. The molecule has 3 rings (SSSR count). The number of Topliss-reactive ketones (excluding diaryl/α,β-unsaturated/α-hetero) is 1. The Hall–Kier alpha value is -2.75. The third-order valence-electron chi connectivity index (χ3n) is 3.23. The number of carbonyl (C=O) groups excluding carboxylic acids is 1. The summed E-state index contributed by atoms with van der Waals surface area (Å²) in [6.45, 7) is 5.62. The van der Waals surface area contributed by atoms with Gasteiger partial charge in [-0.25, -0.2) is 4.68 Å². The molecule has 1 heterocycles. The van der Waals surface area contributed by atoms with Crippen molar-refractivity contribution in [1.29, 1.82) is 0 Å². The first-order chi connectivity index (χ1) is 9.66. The van der Waals surface area contributed by atoms with Gasteiger partial charge < -0.3 is 0 Å². The summed E-state index contributed by atoms with van der Waals surface area (Å²) in [7, 11) is 0. The van der Waals surface area contributed by atoms with Crippen molar-refractivity contribution >= 4 is 22.5 Å². The molecule has 0 atom stereocenters. The fourth-order valence-electron chi connectivity index (χ4n) is 2.09. The molecule has 0 aliphatic carbocycles. The van der Waals surface area contributed by atoms with Crippen LogP contribution in [0.2, 0.25) is 0 Å². The Labute approximate surface area is 116 Å². The maximum Gasteiger partial charge on any atom is 0.159 e. The molecule has 0 fully saturated rings. The van der Waals surface area contributed by atoms with Gasteiger partial charge in [-0.3, -0.25) is 4.79 Å². The lowest BCUT2D eigenvalue weighted by molar-refractivity contribution is 0.101. The SMILES string of the molecule is C=C(c1ccc(C(C)=O)cc1)n1nnc2ccccc21. The van der Waals surface area contributed by atoms with E-state index in [2.05, 4.69) is 16.9 Å². The standard InChI is InChI=1S/C16H13N3O/c1-11(13-7-9-14(10-8-13)12(2)20)19-16-6-4-3-5-15(16)17-18-19/h3-10H,1H2,2H3. The van der Waals surface area contributed by atoms with E-state index in [-0.39, 0.29) is 5.78 Å². The highest BCUT2D eigenvalue weighted by molar-refractivity contribution is 5.94. The highest BCUT2D eigenvalue weighted by Gasteiger charge is 2.09. The average molecular weight is 263 g/mol. The fraction of sp³-hybridized carbons (Fsp3) is 0.0625. The molecular weight excluding hydrogens is 250 g/mol. The minimum atomic E-state index is 0.0494. The van der Waals surface area contributed by atoms with Gasteiger partial charge in [0.15, 0.2) is 5.78 Å². The maximum atomic E-state index is 11.3. The Morgan fingerprint density at radius 2 is 1.70 bits per heavy atom. The van der Waals surface area contributed by atoms with Crippen LogP contribution in [0.4, 0.5) is 0 Å². The Morgan fingerprint density at radius 3 is 2.40 bits per heavy atom. The number of hydrogen-bond acceptors (Lipinski definition) is 3. The van der Waals surface area contributed by atoms with Gasteiger partial charge >= 0.3 is 0 Å². The lowest BCUT2D eigenvalue weighted by Crippen LogP contribution is -2.00. The Bertz CT molecular complexity index is 800. The summed E-state index contributed by atoms with van der Waals surface area (Å²) in [4.78, 5) is 11.3. The van der Waals surface area contributed by atoms with Crippen molar-refractivity contribution in [2.75, 3.05) is 0 Å². The quantitative estimate of drug-likeness (QED) is 0.682. The van der Waals surface area contributed by atoms with Crippen LogP contribution in [0.15, 0.2) is 55.1 Å². The zero-order valence-corrected chi connectivity index (χ0v) is 11.1. The van der Waals surface area contributed by atoms with Gasteiger partial charge in [0.1, 0.15) is 5.52 Å². The molecule has 0 radical (unpaired) electrons. The van der Waals surface area contributed by atoms with E-state index in [0.717, 1.165) is 22.3 Å². The molecule has 0 spiro atoms. The molecule has 0 aliphatic heterocycles. The number of ketones is 1. The summed E-state index contributed by atoms with van der Waals surface area (Å²) < 4.78 is 1.71. The van der Waals surface area contributed by atoms with Crippen molar-refractivity contribution in [3.63, 3.8) is 0 Å². The van der Waals surface area contributed by atoms with E-state index in [0.29, 0.717) is 5.56 Å². The first-order valence-electron chi connectivity index (χ1n) is 6.28. The van der Waals surface area contributed by atoms with Gasteiger partial charge in [0, 0.05) is 5.56 Å². The van der Waals surface area contributed by atoms with Gasteiger partial charge in [-0.2, -0.15) is 0 Å². The zero-order valence-electron chi connectivity index (χ0n) is 11.1. The highest BCUT2D eigenvalue weighted by atomic mass is 16.1. The van der Waals surface area contributed by atoms with Crippen LogP contribution < -0.4 is 0 Å². The van der Waals surface area contributed by atoms with Crippen LogP contribution in [0, 0.1) is 0 Å². The number of aromatic nitrogens is 3. The molecule has 4 heteroatoms. The fourth-order valence-corrected chi connectivity index (χ4v) is 2.09. The van der Waals surface area contributed by atoms with Crippen LogP contribution in [-0.4, -0.2) is 20.8 Å². The van der Waals surface area contributed by atoms with E-state index >= 15 is 0 Å². The lowest BCUT2D eigenvalue weighted by atomic mass is 10.1. The van der Waals surface area contributed by atoms with E-state index < -0.39 is 0 Å². The van der Waals surface area contributed by atoms with Crippen molar-refractivity contribution in [1.82, 2.24) is 15.0 Å². The van der Waals surface area contributed by atoms with E-state index in [1.807, 2.05) is 36.4 Å². The van der Waals surface area contributed by atoms with Gasteiger partial charge in [0.05, 0.1) is 11.2 Å². The third-order valence-corrected chi connectivity index (χ3v) is 3.23. The molecule has 98 valence electrons. The molecule has 0 aliphatic rings. The zero-order chi connectivity index (χ0) is 14.1. The number of hydrogen-bond donors (Lipinski definition) is 0. The van der Waals surface area contributed by atoms with Crippen molar-refractivity contribution < 1.29 is 4.79 Å². The van der Waals surface area contributed by atoms with E-state index in [4.69, 9.17) is 0 Å². The van der Waals surface area contributed by atoms with Crippen molar-refractivity contribution in [3.05, 3.63) is 66.2 Å². The van der Waals surface area contributed by atoms with E-state index in [1.165, 1.54) is 0 Å². The van der Waals surface area contributed by atoms with E-state index in [1.54, 1.807) is 23.7 Å². The summed E-state index contributed by atoms with van der Waals surface area (Å²) in [5.74, 6) is 0.0494. The first kappa shape index (κ1) is 12.3. The lowest BCUT2D eigenvalue weighted by Gasteiger charge is -2.07. The largest absolute Gasteiger partial charge is 0.295 e. The summed E-state index contributed by atoms with van der Waals surface area (Å²) >= 11 is 0. The molecular formula is C16H13N3O. The molecule has 4 nitrogen and oxygen atoms in total. The van der Waals surface area contributed by atoms with Crippen LogP contribution >= 0.6 is 0 Å². The Morgan fingerprint density at radius 1 is 1.05 bits per heavy atom. The predicted molar refractivity (Wildman–Crippen MR) is 78.4 cm³/mol. The van der Waals surface area contributed by atoms with Gasteiger partial charge in [-0.15, -0.1) is 5.10 Å². The molecule has 20 heavy (non-hydrogen) atoms. The van der Waals surface area contributed by atoms with Gasteiger partial charge in [-0.05, 0) is 24.6 Å². The predicted octanol–water partition coefficient (Wildman–Crippen LogP) is 3.15. The van der Waals surface area contributed by atoms with Crippen LogP contribution in [0.5, 0.6) is 0 Å². The molecule has 0 saturated carbocycles. The normalized spacial score (nSPS) is 10.7.